The van der Waals surface area contributed by atoms with Crippen LogP contribution in [0.4, 0.5) is 0 Å². The van der Waals surface area contributed by atoms with Crippen molar-refractivity contribution in [3.63, 3.8) is 0 Å². The van der Waals surface area contributed by atoms with E-state index in [1.165, 1.54) is 0 Å². The van der Waals surface area contributed by atoms with Gasteiger partial charge in [0.05, 0.1) is 6.04 Å². The van der Waals surface area contributed by atoms with E-state index in [9.17, 15) is 9.59 Å². The van der Waals surface area contributed by atoms with Gasteiger partial charge in [-0.05, 0) is 37.1 Å². The molecule has 24 heavy (non-hydrogen) atoms. The molecule has 2 aromatic rings. The first kappa shape index (κ1) is 18.0. The first-order valence-corrected chi connectivity index (χ1v) is 8.24. The highest BCUT2D eigenvalue weighted by Crippen LogP contribution is 2.22. The van der Waals surface area contributed by atoms with Gasteiger partial charge >= 0.3 is 0 Å². The summed E-state index contributed by atoms with van der Waals surface area (Å²) in [5, 5.41) is 6.28. The lowest BCUT2D eigenvalue weighted by Gasteiger charge is -2.16. The highest BCUT2D eigenvalue weighted by molar-refractivity contribution is 6.31. The molecule has 0 aliphatic carbocycles. The number of carbonyl (C=O) groups is 2. The van der Waals surface area contributed by atoms with Gasteiger partial charge in [0, 0.05) is 23.6 Å². The molecule has 0 bridgehead atoms. The molecule has 0 aliphatic rings. The molecule has 4 nitrogen and oxygen atoms in total. The highest BCUT2D eigenvalue weighted by atomic mass is 35.5. The second kappa shape index (κ2) is 8.50. The number of nitrogens with one attached hydrogen (secondary N) is 2. The minimum absolute atomic E-state index is 0.132. The Kier molecular flexibility index (Phi) is 6.38. The summed E-state index contributed by atoms with van der Waals surface area (Å²) in [7, 11) is 0. The highest BCUT2D eigenvalue weighted by Gasteiger charge is 2.13. The van der Waals surface area contributed by atoms with Crippen LogP contribution in [0.5, 0.6) is 0 Å². The molecule has 1 atom stereocenters. The van der Waals surface area contributed by atoms with Gasteiger partial charge in [0.1, 0.15) is 0 Å². The van der Waals surface area contributed by atoms with Crippen LogP contribution in [0.3, 0.4) is 0 Å². The van der Waals surface area contributed by atoms with Crippen molar-refractivity contribution in [2.24, 2.45) is 0 Å². The molecule has 0 aliphatic heterocycles. The maximum atomic E-state index is 12.1. The van der Waals surface area contributed by atoms with Gasteiger partial charge in [-0.1, -0.05) is 48.0 Å². The van der Waals surface area contributed by atoms with Crippen molar-refractivity contribution < 1.29 is 9.59 Å². The molecule has 0 fully saturated rings. The third-order valence-corrected chi connectivity index (χ3v) is 4.12. The van der Waals surface area contributed by atoms with Crippen LogP contribution in [0, 0.1) is 6.92 Å². The van der Waals surface area contributed by atoms with E-state index in [2.05, 4.69) is 10.6 Å². The minimum atomic E-state index is -0.182. The first-order chi connectivity index (χ1) is 11.5. The van der Waals surface area contributed by atoms with E-state index in [1.54, 1.807) is 12.1 Å². The molecule has 0 spiro atoms. The summed E-state index contributed by atoms with van der Waals surface area (Å²) in [5.41, 5.74) is 2.41. The van der Waals surface area contributed by atoms with Crippen LogP contribution in [0.2, 0.25) is 5.02 Å². The van der Waals surface area contributed by atoms with Crippen LogP contribution in [-0.2, 0) is 4.79 Å². The maximum Gasteiger partial charge on any atom is 0.251 e. The Morgan fingerprint density at radius 2 is 1.75 bits per heavy atom. The van der Waals surface area contributed by atoms with Crippen molar-refractivity contribution >= 4 is 23.4 Å². The summed E-state index contributed by atoms with van der Waals surface area (Å²) in [6.07, 6.45) is 0.215. The molecule has 2 aromatic carbocycles. The second-order valence-electron chi connectivity index (χ2n) is 5.63. The van der Waals surface area contributed by atoms with Crippen LogP contribution in [-0.4, -0.2) is 18.4 Å². The number of amides is 2. The monoisotopic (exact) mass is 344 g/mol. The Labute approximate surface area is 147 Å². The fraction of sp³-hybridized carbons (Fsp3) is 0.263. The average molecular weight is 345 g/mol. The van der Waals surface area contributed by atoms with Crippen LogP contribution in [0.1, 0.15) is 40.9 Å². The predicted molar refractivity (Wildman–Crippen MR) is 96.1 cm³/mol. The topological polar surface area (TPSA) is 58.2 Å². The molecular weight excluding hydrogens is 324 g/mol. The Morgan fingerprint density at radius 3 is 2.46 bits per heavy atom. The molecule has 2 amide bonds. The second-order valence-corrected chi connectivity index (χ2v) is 6.04. The lowest BCUT2D eigenvalue weighted by Crippen LogP contribution is -2.32. The number of hydrogen-bond donors (Lipinski definition) is 2. The molecule has 0 aromatic heterocycles. The molecular formula is C19H21ClN2O2. The van der Waals surface area contributed by atoms with Crippen molar-refractivity contribution in [3.05, 3.63) is 70.2 Å². The van der Waals surface area contributed by atoms with Crippen molar-refractivity contribution in [2.75, 3.05) is 6.54 Å². The maximum absolute atomic E-state index is 12.1. The first-order valence-electron chi connectivity index (χ1n) is 7.86. The third-order valence-electron chi connectivity index (χ3n) is 3.78. The fourth-order valence-electron chi connectivity index (χ4n) is 2.43. The molecule has 5 heteroatoms. The van der Waals surface area contributed by atoms with Crippen molar-refractivity contribution in [1.82, 2.24) is 10.6 Å². The van der Waals surface area contributed by atoms with Gasteiger partial charge in [-0.15, -0.1) is 0 Å². The summed E-state index contributed by atoms with van der Waals surface area (Å²) >= 11 is 6.12. The fourth-order valence-corrected chi connectivity index (χ4v) is 2.73. The lowest BCUT2D eigenvalue weighted by molar-refractivity contribution is -0.121. The normalized spacial score (nSPS) is 11.6. The van der Waals surface area contributed by atoms with Gasteiger partial charge in [0.15, 0.2) is 0 Å². The van der Waals surface area contributed by atoms with E-state index >= 15 is 0 Å². The van der Waals surface area contributed by atoms with Gasteiger partial charge in [-0.3, -0.25) is 9.59 Å². The zero-order valence-electron chi connectivity index (χ0n) is 13.8. The van der Waals surface area contributed by atoms with E-state index in [4.69, 9.17) is 11.6 Å². The smallest absolute Gasteiger partial charge is 0.251 e. The molecule has 2 rings (SSSR count). The number of aryl methyl sites for hydroxylation is 1. The molecule has 1 unspecified atom stereocenters. The number of carbonyl (C=O) groups excluding carboxylic acids is 2. The Morgan fingerprint density at radius 1 is 1.08 bits per heavy atom. The van der Waals surface area contributed by atoms with E-state index in [0.717, 1.165) is 11.1 Å². The van der Waals surface area contributed by atoms with E-state index < -0.39 is 0 Å². The zero-order valence-corrected chi connectivity index (χ0v) is 14.6. The van der Waals surface area contributed by atoms with E-state index in [1.807, 2.05) is 50.2 Å². The summed E-state index contributed by atoms with van der Waals surface area (Å²) < 4.78 is 0. The van der Waals surface area contributed by atoms with Crippen LogP contribution in [0.15, 0.2) is 48.5 Å². The molecule has 126 valence electrons. The van der Waals surface area contributed by atoms with Gasteiger partial charge in [0.2, 0.25) is 5.91 Å². The van der Waals surface area contributed by atoms with Gasteiger partial charge in [-0.2, -0.15) is 0 Å². The number of hydrogen-bond acceptors (Lipinski definition) is 2. The SMILES string of the molecule is Cc1ccccc1C(=O)NCCC(=O)NC(C)c1ccccc1Cl. The van der Waals surface area contributed by atoms with Gasteiger partial charge < -0.3 is 10.6 Å². The summed E-state index contributed by atoms with van der Waals surface area (Å²) in [6, 6.07) is 14.6. The molecule has 0 radical (unpaired) electrons. The Hall–Kier alpha value is -2.33. The molecule has 0 saturated heterocycles. The Bertz CT molecular complexity index is 731. The lowest BCUT2D eigenvalue weighted by atomic mass is 10.1. The quantitative estimate of drug-likeness (QED) is 0.840. The van der Waals surface area contributed by atoms with Gasteiger partial charge in [-0.25, -0.2) is 0 Å². The minimum Gasteiger partial charge on any atom is -0.352 e. The predicted octanol–water partition coefficient (Wildman–Crippen LogP) is 3.65. The number of rotatable bonds is 6. The number of halogens is 1. The van der Waals surface area contributed by atoms with Crippen LogP contribution >= 0.6 is 11.6 Å². The summed E-state index contributed by atoms with van der Waals surface area (Å²) in [4.78, 5) is 24.1. The van der Waals surface area contributed by atoms with E-state index in [0.29, 0.717) is 10.6 Å². The van der Waals surface area contributed by atoms with Crippen LogP contribution < -0.4 is 10.6 Å². The van der Waals surface area contributed by atoms with Gasteiger partial charge in [0.25, 0.3) is 5.91 Å². The molecule has 0 saturated carbocycles. The van der Waals surface area contributed by atoms with Crippen molar-refractivity contribution in [3.8, 4) is 0 Å². The largest absolute Gasteiger partial charge is 0.352 e. The zero-order chi connectivity index (χ0) is 17.5. The van der Waals surface area contributed by atoms with Crippen molar-refractivity contribution in [1.29, 1.82) is 0 Å². The molecule has 0 heterocycles. The van der Waals surface area contributed by atoms with E-state index in [-0.39, 0.29) is 30.8 Å². The molecule has 2 N–H and O–H groups in total. The number of benzene rings is 2. The summed E-state index contributed by atoms with van der Waals surface area (Å²) in [5.74, 6) is -0.299. The average Bonchev–Trinajstić information content (AvgIpc) is 2.55. The van der Waals surface area contributed by atoms with Crippen LogP contribution in [0.25, 0.3) is 0 Å². The summed E-state index contributed by atoms with van der Waals surface area (Å²) in [6.45, 7) is 4.05. The van der Waals surface area contributed by atoms with Crippen molar-refractivity contribution in [2.45, 2.75) is 26.3 Å². The standard InChI is InChI=1S/C19H21ClN2O2/c1-13-7-3-4-8-15(13)19(24)21-12-11-18(23)22-14(2)16-9-5-6-10-17(16)20/h3-10,14H,11-12H2,1-2H3,(H,21,24)(H,22,23). The third kappa shape index (κ3) is 4.83. The Balaban J connectivity index is 1.80.